The van der Waals surface area contributed by atoms with Crippen LogP contribution in [0.15, 0.2) is 40.8 Å². The number of nitrogens with zero attached hydrogens (tertiary/aromatic N) is 2. The number of furan rings is 1. The average molecular weight is 335 g/mol. The van der Waals surface area contributed by atoms with Crippen molar-refractivity contribution in [3.8, 4) is 11.3 Å². The van der Waals surface area contributed by atoms with Gasteiger partial charge in [-0.05, 0) is 56.0 Å². The van der Waals surface area contributed by atoms with Gasteiger partial charge in [-0.3, -0.25) is 4.90 Å². The SMILES string of the molecule is CCN(CC)CCN(CC)Cc1ccc(-c2ccc(Cl)cc2)o1. The third kappa shape index (κ3) is 5.38. The molecule has 0 saturated carbocycles. The molecule has 0 fully saturated rings. The van der Waals surface area contributed by atoms with Crippen LogP contribution in [0.3, 0.4) is 0 Å². The van der Waals surface area contributed by atoms with Crippen molar-refractivity contribution >= 4 is 11.6 Å². The molecule has 1 heterocycles. The van der Waals surface area contributed by atoms with Gasteiger partial charge in [-0.1, -0.05) is 32.4 Å². The summed E-state index contributed by atoms with van der Waals surface area (Å²) in [5.74, 6) is 1.91. The molecule has 126 valence electrons. The van der Waals surface area contributed by atoms with Crippen LogP contribution in [0.25, 0.3) is 11.3 Å². The topological polar surface area (TPSA) is 19.6 Å². The van der Waals surface area contributed by atoms with Crippen LogP contribution in [0.4, 0.5) is 0 Å². The lowest BCUT2D eigenvalue weighted by Crippen LogP contribution is -2.34. The molecule has 0 amide bonds. The first-order valence-corrected chi connectivity index (χ1v) is 8.83. The molecule has 0 radical (unpaired) electrons. The molecule has 0 atom stereocenters. The van der Waals surface area contributed by atoms with Crippen molar-refractivity contribution in [1.29, 1.82) is 0 Å². The maximum Gasteiger partial charge on any atom is 0.134 e. The van der Waals surface area contributed by atoms with E-state index in [1.807, 2.05) is 30.3 Å². The Morgan fingerprint density at radius 2 is 1.43 bits per heavy atom. The van der Waals surface area contributed by atoms with E-state index in [-0.39, 0.29) is 0 Å². The van der Waals surface area contributed by atoms with Crippen LogP contribution in [0.5, 0.6) is 0 Å². The van der Waals surface area contributed by atoms with Crippen LogP contribution < -0.4 is 0 Å². The highest BCUT2D eigenvalue weighted by molar-refractivity contribution is 6.30. The average Bonchev–Trinajstić information content (AvgIpc) is 3.03. The molecule has 0 aliphatic rings. The second-order valence-corrected chi connectivity index (χ2v) is 6.10. The second-order valence-electron chi connectivity index (χ2n) is 5.67. The lowest BCUT2D eigenvalue weighted by molar-refractivity contribution is 0.205. The van der Waals surface area contributed by atoms with Crippen LogP contribution in [-0.2, 0) is 6.54 Å². The van der Waals surface area contributed by atoms with Gasteiger partial charge in [0.15, 0.2) is 0 Å². The quantitative estimate of drug-likeness (QED) is 0.659. The van der Waals surface area contributed by atoms with E-state index < -0.39 is 0 Å². The van der Waals surface area contributed by atoms with Gasteiger partial charge >= 0.3 is 0 Å². The Morgan fingerprint density at radius 1 is 0.826 bits per heavy atom. The summed E-state index contributed by atoms with van der Waals surface area (Å²) in [6.45, 7) is 12.9. The molecule has 1 aromatic carbocycles. The van der Waals surface area contributed by atoms with Crippen molar-refractivity contribution in [2.24, 2.45) is 0 Å². The van der Waals surface area contributed by atoms with E-state index in [9.17, 15) is 0 Å². The Labute approximate surface area is 144 Å². The van der Waals surface area contributed by atoms with Crippen LogP contribution in [-0.4, -0.2) is 42.5 Å². The van der Waals surface area contributed by atoms with Gasteiger partial charge in [-0.2, -0.15) is 0 Å². The highest BCUT2D eigenvalue weighted by Gasteiger charge is 2.10. The molecule has 3 nitrogen and oxygen atoms in total. The molecule has 0 spiro atoms. The van der Waals surface area contributed by atoms with Crippen molar-refractivity contribution in [2.45, 2.75) is 27.3 Å². The Kier molecular flexibility index (Phi) is 7.15. The molecule has 0 aliphatic heterocycles. The summed E-state index contributed by atoms with van der Waals surface area (Å²) >= 11 is 5.93. The molecular formula is C19H27ClN2O. The number of halogens is 1. The molecule has 2 aromatic rings. The predicted octanol–water partition coefficient (Wildman–Crippen LogP) is 4.76. The number of hydrogen-bond acceptors (Lipinski definition) is 3. The zero-order chi connectivity index (χ0) is 16.7. The summed E-state index contributed by atoms with van der Waals surface area (Å²) in [5.41, 5.74) is 1.06. The smallest absolute Gasteiger partial charge is 0.134 e. The molecule has 1 aromatic heterocycles. The van der Waals surface area contributed by atoms with Crippen molar-refractivity contribution < 1.29 is 4.42 Å². The molecule has 0 saturated heterocycles. The van der Waals surface area contributed by atoms with Crippen molar-refractivity contribution in [1.82, 2.24) is 9.80 Å². The summed E-state index contributed by atoms with van der Waals surface area (Å²) in [6, 6.07) is 11.9. The number of benzene rings is 1. The minimum Gasteiger partial charge on any atom is -0.460 e. The van der Waals surface area contributed by atoms with Gasteiger partial charge in [0.1, 0.15) is 11.5 Å². The van der Waals surface area contributed by atoms with Crippen molar-refractivity contribution in [3.05, 3.63) is 47.2 Å². The van der Waals surface area contributed by atoms with Gasteiger partial charge in [-0.25, -0.2) is 0 Å². The van der Waals surface area contributed by atoms with Gasteiger partial charge in [0.25, 0.3) is 0 Å². The van der Waals surface area contributed by atoms with Crippen LogP contribution in [0.2, 0.25) is 5.02 Å². The minimum atomic E-state index is 0.745. The monoisotopic (exact) mass is 334 g/mol. The van der Waals surface area contributed by atoms with E-state index in [4.69, 9.17) is 16.0 Å². The first kappa shape index (κ1) is 18.1. The summed E-state index contributed by atoms with van der Waals surface area (Å²) in [6.07, 6.45) is 0. The number of hydrogen-bond donors (Lipinski definition) is 0. The van der Waals surface area contributed by atoms with E-state index >= 15 is 0 Å². The highest BCUT2D eigenvalue weighted by atomic mass is 35.5. The lowest BCUT2D eigenvalue weighted by atomic mass is 10.2. The fourth-order valence-electron chi connectivity index (χ4n) is 2.62. The first-order chi connectivity index (χ1) is 11.2. The zero-order valence-electron chi connectivity index (χ0n) is 14.4. The predicted molar refractivity (Wildman–Crippen MR) is 97.9 cm³/mol. The summed E-state index contributed by atoms with van der Waals surface area (Å²) < 4.78 is 6.00. The molecule has 0 bridgehead atoms. The summed E-state index contributed by atoms with van der Waals surface area (Å²) in [4.78, 5) is 4.87. The van der Waals surface area contributed by atoms with Crippen molar-refractivity contribution in [2.75, 3.05) is 32.7 Å². The second kappa shape index (κ2) is 9.11. The first-order valence-electron chi connectivity index (χ1n) is 8.45. The van der Waals surface area contributed by atoms with Gasteiger partial charge in [-0.15, -0.1) is 0 Å². The Morgan fingerprint density at radius 3 is 2.04 bits per heavy atom. The zero-order valence-corrected chi connectivity index (χ0v) is 15.1. The Hall–Kier alpha value is -1.29. The fraction of sp³-hybridized carbons (Fsp3) is 0.474. The van der Waals surface area contributed by atoms with Gasteiger partial charge < -0.3 is 9.32 Å². The van der Waals surface area contributed by atoms with Gasteiger partial charge in [0.2, 0.25) is 0 Å². The van der Waals surface area contributed by atoms with Crippen LogP contribution in [0.1, 0.15) is 26.5 Å². The maximum absolute atomic E-state index is 6.00. The van der Waals surface area contributed by atoms with Crippen LogP contribution >= 0.6 is 11.6 Å². The fourth-order valence-corrected chi connectivity index (χ4v) is 2.75. The van der Waals surface area contributed by atoms with E-state index in [0.29, 0.717) is 0 Å². The van der Waals surface area contributed by atoms with E-state index in [1.54, 1.807) is 0 Å². The van der Waals surface area contributed by atoms with E-state index in [1.165, 1.54) is 0 Å². The third-order valence-electron chi connectivity index (χ3n) is 4.24. The van der Waals surface area contributed by atoms with Crippen molar-refractivity contribution in [3.63, 3.8) is 0 Å². The molecule has 0 aliphatic carbocycles. The summed E-state index contributed by atoms with van der Waals surface area (Å²) in [5, 5.41) is 0.745. The molecule has 0 N–H and O–H groups in total. The minimum absolute atomic E-state index is 0.745. The third-order valence-corrected chi connectivity index (χ3v) is 4.50. The maximum atomic E-state index is 6.00. The lowest BCUT2D eigenvalue weighted by Gasteiger charge is -2.24. The normalized spacial score (nSPS) is 11.6. The summed E-state index contributed by atoms with van der Waals surface area (Å²) in [7, 11) is 0. The molecular weight excluding hydrogens is 308 g/mol. The highest BCUT2D eigenvalue weighted by Crippen LogP contribution is 2.24. The van der Waals surface area contributed by atoms with E-state index in [0.717, 1.165) is 61.4 Å². The molecule has 2 rings (SSSR count). The standard InChI is InChI=1S/C19H27ClN2O/c1-4-21(5-2)13-14-22(6-3)15-18-11-12-19(23-18)16-7-9-17(20)10-8-16/h7-12H,4-6,13-15H2,1-3H3. The van der Waals surface area contributed by atoms with Crippen LogP contribution in [0, 0.1) is 0 Å². The van der Waals surface area contributed by atoms with Gasteiger partial charge in [0, 0.05) is 23.7 Å². The number of rotatable bonds is 9. The van der Waals surface area contributed by atoms with Gasteiger partial charge in [0.05, 0.1) is 6.54 Å². The molecule has 4 heteroatoms. The molecule has 23 heavy (non-hydrogen) atoms. The van der Waals surface area contributed by atoms with E-state index in [2.05, 4.69) is 36.6 Å². The Bertz CT molecular complexity index is 575. The molecule has 0 unspecified atom stereocenters. The largest absolute Gasteiger partial charge is 0.460 e. The number of likely N-dealkylation sites (N-methyl/N-ethyl adjacent to an activating group) is 2. The Balaban J connectivity index is 1.95.